The highest BCUT2D eigenvalue weighted by Crippen LogP contribution is 2.17. The lowest BCUT2D eigenvalue weighted by molar-refractivity contribution is 0.237. The molecule has 1 saturated carbocycles. The standard InChI is InChI=1S/C10H20N2OS/c1-14-8-4-7-11-10(13)12-9-5-2-3-6-9/h9H,2-8H2,1H3,(H2,11,12,13). The lowest BCUT2D eigenvalue weighted by atomic mass is 10.2. The van der Waals surface area contributed by atoms with E-state index < -0.39 is 0 Å². The molecule has 0 aliphatic heterocycles. The maximum absolute atomic E-state index is 11.3. The molecule has 0 aromatic rings. The van der Waals surface area contributed by atoms with Gasteiger partial charge in [-0.05, 0) is 31.3 Å². The van der Waals surface area contributed by atoms with Crippen molar-refractivity contribution in [2.24, 2.45) is 0 Å². The lowest BCUT2D eigenvalue weighted by Crippen LogP contribution is -2.41. The maximum Gasteiger partial charge on any atom is 0.315 e. The van der Waals surface area contributed by atoms with E-state index in [9.17, 15) is 4.79 Å². The molecule has 4 heteroatoms. The summed E-state index contributed by atoms with van der Waals surface area (Å²) in [6, 6.07) is 0.438. The zero-order valence-electron chi connectivity index (χ0n) is 8.84. The molecular formula is C10H20N2OS. The van der Waals surface area contributed by atoms with Crippen LogP contribution in [0.4, 0.5) is 4.79 Å². The number of carbonyl (C=O) groups excluding carboxylic acids is 1. The van der Waals surface area contributed by atoms with E-state index in [1.54, 1.807) is 0 Å². The van der Waals surface area contributed by atoms with Crippen LogP contribution in [0.5, 0.6) is 0 Å². The Bertz CT molecular complexity index is 170. The van der Waals surface area contributed by atoms with E-state index in [2.05, 4.69) is 16.9 Å². The van der Waals surface area contributed by atoms with Crippen LogP contribution < -0.4 is 10.6 Å². The first-order chi connectivity index (χ1) is 6.83. The van der Waals surface area contributed by atoms with Crippen molar-refractivity contribution in [2.75, 3.05) is 18.6 Å². The topological polar surface area (TPSA) is 41.1 Å². The van der Waals surface area contributed by atoms with Gasteiger partial charge in [0.05, 0.1) is 0 Å². The third-order valence-corrected chi connectivity index (χ3v) is 3.20. The molecule has 1 aliphatic rings. The minimum Gasteiger partial charge on any atom is -0.338 e. The highest BCUT2D eigenvalue weighted by molar-refractivity contribution is 7.98. The molecule has 0 heterocycles. The Kier molecular flexibility index (Phi) is 5.83. The zero-order valence-corrected chi connectivity index (χ0v) is 9.66. The number of amides is 2. The number of carbonyl (C=O) groups is 1. The maximum atomic E-state index is 11.3. The van der Waals surface area contributed by atoms with Gasteiger partial charge in [-0.15, -0.1) is 0 Å². The SMILES string of the molecule is CSCCCNC(=O)NC1CCCC1. The molecule has 1 rings (SSSR count). The fourth-order valence-electron chi connectivity index (χ4n) is 1.73. The smallest absolute Gasteiger partial charge is 0.315 e. The minimum atomic E-state index is 0.0120. The molecule has 0 saturated heterocycles. The van der Waals surface area contributed by atoms with Gasteiger partial charge in [0.2, 0.25) is 0 Å². The lowest BCUT2D eigenvalue weighted by Gasteiger charge is -2.12. The molecule has 3 nitrogen and oxygen atoms in total. The van der Waals surface area contributed by atoms with Crippen LogP contribution in [-0.2, 0) is 0 Å². The molecule has 1 aliphatic carbocycles. The van der Waals surface area contributed by atoms with Gasteiger partial charge in [-0.2, -0.15) is 11.8 Å². The second kappa shape index (κ2) is 6.98. The summed E-state index contributed by atoms with van der Waals surface area (Å²) >= 11 is 1.81. The first-order valence-electron chi connectivity index (χ1n) is 5.36. The normalized spacial score (nSPS) is 16.9. The van der Waals surface area contributed by atoms with Crippen molar-refractivity contribution >= 4 is 17.8 Å². The summed E-state index contributed by atoms with van der Waals surface area (Å²) in [5.74, 6) is 1.11. The summed E-state index contributed by atoms with van der Waals surface area (Å²) < 4.78 is 0. The molecule has 1 fully saturated rings. The summed E-state index contributed by atoms with van der Waals surface area (Å²) in [7, 11) is 0. The first-order valence-corrected chi connectivity index (χ1v) is 6.75. The Hall–Kier alpha value is -0.380. The van der Waals surface area contributed by atoms with Crippen molar-refractivity contribution in [1.82, 2.24) is 10.6 Å². The van der Waals surface area contributed by atoms with Gasteiger partial charge in [0.15, 0.2) is 0 Å². The number of thioether (sulfide) groups is 1. The summed E-state index contributed by atoms with van der Waals surface area (Å²) in [5, 5.41) is 5.88. The van der Waals surface area contributed by atoms with Gasteiger partial charge in [0, 0.05) is 12.6 Å². The summed E-state index contributed by atoms with van der Waals surface area (Å²) in [6.07, 6.45) is 7.96. The second-order valence-corrected chi connectivity index (χ2v) is 4.71. The zero-order chi connectivity index (χ0) is 10.2. The van der Waals surface area contributed by atoms with E-state index in [0.29, 0.717) is 6.04 Å². The summed E-state index contributed by atoms with van der Waals surface area (Å²) in [6.45, 7) is 0.791. The third kappa shape index (κ3) is 4.74. The number of rotatable bonds is 5. The van der Waals surface area contributed by atoms with Crippen LogP contribution in [0.1, 0.15) is 32.1 Å². The Balaban J connectivity index is 1.98. The molecule has 2 N–H and O–H groups in total. The minimum absolute atomic E-state index is 0.0120. The quantitative estimate of drug-likeness (QED) is 0.690. The monoisotopic (exact) mass is 216 g/mol. The van der Waals surface area contributed by atoms with E-state index in [1.165, 1.54) is 12.8 Å². The van der Waals surface area contributed by atoms with Crippen LogP contribution in [0.25, 0.3) is 0 Å². The largest absolute Gasteiger partial charge is 0.338 e. The van der Waals surface area contributed by atoms with E-state index in [-0.39, 0.29) is 6.03 Å². The molecule has 0 bridgehead atoms. The molecule has 0 aromatic carbocycles. The van der Waals surface area contributed by atoms with Gasteiger partial charge in [-0.25, -0.2) is 4.79 Å². The number of hydrogen-bond acceptors (Lipinski definition) is 2. The van der Waals surface area contributed by atoms with Crippen molar-refractivity contribution in [1.29, 1.82) is 0 Å². The predicted molar refractivity (Wildman–Crippen MR) is 61.8 cm³/mol. The summed E-state index contributed by atoms with van der Waals surface area (Å²) in [5.41, 5.74) is 0. The van der Waals surface area contributed by atoms with E-state index in [4.69, 9.17) is 0 Å². The second-order valence-electron chi connectivity index (χ2n) is 3.73. The highest BCUT2D eigenvalue weighted by Gasteiger charge is 2.16. The Morgan fingerprint density at radius 2 is 2.14 bits per heavy atom. The molecule has 2 amide bonds. The third-order valence-electron chi connectivity index (χ3n) is 2.50. The fourth-order valence-corrected chi connectivity index (χ4v) is 2.16. The Morgan fingerprint density at radius 1 is 1.43 bits per heavy atom. The van der Waals surface area contributed by atoms with Gasteiger partial charge >= 0.3 is 6.03 Å². The Morgan fingerprint density at radius 3 is 2.79 bits per heavy atom. The van der Waals surface area contributed by atoms with Crippen molar-refractivity contribution < 1.29 is 4.79 Å². The van der Waals surface area contributed by atoms with Crippen LogP contribution in [-0.4, -0.2) is 30.6 Å². The number of hydrogen-bond donors (Lipinski definition) is 2. The molecule has 82 valence electrons. The van der Waals surface area contributed by atoms with E-state index >= 15 is 0 Å². The van der Waals surface area contributed by atoms with Gasteiger partial charge in [-0.1, -0.05) is 12.8 Å². The van der Waals surface area contributed by atoms with E-state index in [1.807, 2.05) is 11.8 Å². The van der Waals surface area contributed by atoms with Crippen LogP contribution >= 0.6 is 11.8 Å². The average Bonchev–Trinajstić information content (AvgIpc) is 2.65. The van der Waals surface area contributed by atoms with Crippen LogP contribution in [0, 0.1) is 0 Å². The molecule has 0 unspecified atom stereocenters. The van der Waals surface area contributed by atoms with Gasteiger partial charge in [0.25, 0.3) is 0 Å². The van der Waals surface area contributed by atoms with Crippen molar-refractivity contribution in [3.63, 3.8) is 0 Å². The van der Waals surface area contributed by atoms with Crippen molar-refractivity contribution in [3.05, 3.63) is 0 Å². The van der Waals surface area contributed by atoms with Crippen molar-refractivity contribution in [2.45, 2.75) is 38.1 Å². The predicted octanol–water partition coefficient (Wildman–Crippen LogP) is 1.98. The molecule has 0 spiro atoms. The molecule has 0 radical (unpaired) electrons. The molecule has 14 heavy (non-hydrogen) atoms. The van der Waals surface area contributed by atoms with Gasteiger partial charge in [-0.3, -0.25) is 0 Å². The van der Waals surface area contributed by atoms with Gasteiger partial charge < -0.3 is 10.6 Å². The van der Waals surface area contributed by atoms with E-state index in [0.717, 1.165) is 31.6 Å². The fraction of sp³-hybridized carbons (Fsp3) is 0.900. The molecular weight excluding hydrogens is 196 g/mol. The van der Waals surface area contributed by atoms with Crippen LogP contribution in [0.15, 0.2) is 0 Å². The van der Waals surface area contributed by atoms with Crippen LogP contribution in [0.2, 0.25) is 0 Å². The average molecular weight is 216 g/mol. The number of urea groups is 1. The van der Waals surface area contributed by atoms with Gasteiger partial charge in [0.1, 0.15) is 0 Å². The molecule has 0 atom stereocenters. The summed E-state index contributed by atoms with van der Waals surface area (Å²) in [4.78, 5) is 11.3. The Labute approximate surface area is 90.4 Å². The molecule has 0 aromatic heterocycles. The van der Waals surface area contributed by atoms with Crippen LogP contribution in [0.3, 0.4) is 0 Å². The highest BCUT2D eigenvalue weighted by atomic mass is 32.2. The first kappa shape index (κ1) is 11.7. The number of nitrogens with one attached hydrogen (secondary N) is 2. The van der Waals surface area contributed by atoms with Crippen molar-refractivity contribution in [3.8, 4) is 0 Å².